The molecule has 2 N–H and O–H groups in total. The summed E-state index contributed by atoms with van der Waals surface area (Å²) in [4.78, 5) is 4.93. The van der Waals surface area contributed by atoms with Crippen molar-refractivity contribution in [3.05, 3.63) is 16.6 Å². The Hall–Kier alpha value is -0.460. The monoisotopic (exact) mass is 234 g/mol. The van der Waals surface area contributed by atoms with Gasteiger partial charge in [-0.25, -0.2) is 8.42 Å². The molecule has 4 nitrogen and oxygen atoms in total. The molecule has 1 aromatic rings. The van der Waals surface area contributed by atoms with Gasteiger partial charge in [-0.1, -0.05) is 0 Å². The number of aromatic nitrogens is 1. The molecule has 1 aromatic heterocycles. The molecule has 0 saturated carbocycles. The Labute approximate surface area is 88.1 Å². The first kappa shape index (κ1) is 11.6. The second kappa shape index (κ2) is 4.37. The fourth-order valence-electron chi connectivity index (χ4n) is 1.06. The van der Waals surface area contributed by atoms with Gasteiger partial charge in [-0.15, -0.1) is 11.3 Å². The topological polar surface area (TPSA) is 73.0 Å². The summed E-state index contributed by atoms with van der Waals surface area (Å²) in [5.41, 5.74) is 7.51. The summed E-state index contributed by atoms with van der Waals surface area (Å²) in [6.45, 7) is 1.64. The minimum absolute atomic E-state index is 0.356. The average molecular weight is 234 g/mol. The van der Waals surface area contributed by atoms with E-state index in [0.29, 0.717) is 6.42 Å². The van der Waals surface area contributed by atoms with Crippen LogP contribution in [0, 0.1) is 0 Å². The largest absolute Gasteiger partial charge is 0.326 e. The lowest BCUT2D eigenvalue weighted by atomic mass is 10.1. The van der Waals surface area contributed by atoms with Gasteiger partial charge in [-0.3, -0.25) is 4.98 Å². The normalized spacial score (nSPS) is 16.5. The van der Waals surface area contributed by atoms with Gasteiger partial charge in [0.2, 0.25) is 0 Å². The van der Waals surface area contributed by atoms with Crippen molar-refractivity contribution in [2.75, 3.05) is 6.26 Å². The molecule has 0 saturated heterocycles. The molecule has 14 heavy (non-hydrogen) atoms. The third-order valence-corrected chi connectivity index (χ3v) is 4.70. The van der Waals surface area contributed by atoms with E-state index in [1.165, 1.54) is 17.6 Å². The van der Waals surface area contributed by atoms with E-state index in [1.54, 1.807) is 18.6 Å². The first-order chi connectivity index (χ1) is 6.41. The van der Waals surface area contributed by atoms with Gasteiger partial charge >= 0.3 is 0 Å². The number of nitrogens with zero attached hydrogens (tertiary/aromatic N) is 1. The lowest BCUT2D eigenvalue weighted by Gasteiger charge is -2.16. The Bertz CT molecular complexity index is 372. The number of rotatable bonds is 4. The van der Waals surface area contributed by atoms with E-state index in [-0.39, 0.29) is 6.04 Å². The Morgan fingerprint density at radius 1 is 1.64 bits per heavy atom. The SMILES string of the molecule is CC(C(N)Cc1cncs1)S(C)(=O)=O. The Morgan fingerprint density at radius 3 is 2.71 bits per heavy atom. The lowest BCUT2D eigenvalue weighted by Crippen LogP contribution is -2.39. The van der Waals surface area contributed by atoms with Crippen LogP contribution in [-0.2, 0) is 16.3 Å². The highest BCUT2D eigenvalue weighted by atomic mass is 32.2. The van der Waals surface area contributed by atoms with E-state index in [1.807, 2.05) is 0 Å². The quantitative estimate of drug-likeness (QED) is 0.820. The van der Waals surface area contributed by atoms with Gasteiger partial charge in [0, 0.05) is 23.4 Å². The van der Waals surface area contributed by atoms with Crippen LogP contribution in [0.1, 0.15) is 11.8 Å². The van der Waals surface area contributed by atoms with Crippen molar-refractivity contribution < 1.29 is 8.42 Å². The number of hydrogen-bond acceptors (Lipinski definition) is 5. The van der Waals surface area contributed by atoms with Gasteiger partial charge in [0.25, 0.3) is 0 Å². The summed E-state index contributed by atoms with van der Waals surface area (Å²) in [5.74, 6) is 0. The van der Waals surface area contributed by atoms with Crippen LogP contribution in [0.4, 0.5) is 0 Å². The predicted molar refractivity (Wildman–Crippen MR) is 58.1 cm³/mol. The van der Waals surface area contributed by atoms with E-state index in [9.17, 15) is 8.42 Å². The van der Waals surface area contributed by atoms with Crippen LogP contribution >= 0.6 is 11.3 Å². The third kappa shape index (κ3) is 3.04. The zero-order valence-electron chi connectivity index (χ0n) is 8.17. The summed E-state index contributed by atoms with van der Waals surface area (Å²) in [6, 6.07) is -0.356. The van der Waals surface area contributed by atoms with Gasteiger partial charge in [0.1, 0.15) is 0 Å². The molecule has 2 atom stereocenters. The van der Waals surface area contributed by atoms with Gasteiger partial charge in [-0.05, 0) is 13.3 Å². The first-order valence-corrected chi connectivity index (χ1v) is 7.06. The van der Waals surface area contributed by atoms with E-state index >= 15 is 0 Å². The molecular formula is C8H14N2O2S2. The van der Waals surface area contributed by atoms with Crippen LogP contribution in [-0.4, -0.2) is 30.9 Å². The zero-order chi connectivity index (χ0) is 10.8. The van der Waals surface area contributed by atoms with Crippen molar-refractivity contribution in [1.29, 1.82) is 0 Å². The number of nitrogens with two attached hydrogens (primary N) is 1. The third-order valence-electron chi connectivity index (χ3n) is 2.20. The van der Waals surface area contributed by atoms with Crippen LogP contribution in [0.2, 0.25) is 0 Å². The summed E-state index contributed by atoms with van der Waals surface area (Å²) < 4.78 is 22.4. The van der Waals surface area contributed by atoms with Crippen LogP contribution < -0.4 is 5.73 Å². The number of hydrogen-bond donors (Lipinski definition) is 1. The average Bonchev–Trinajstić information content (AvgIpc) is 2.53. The van der Waals surface area contributed by atoms with Gasteiger partial charge in [-0.2, -0.15) is 0 Å². The standard InChI is InChI=1S/C8H14N2O2S2/c1-6(14(2,11)12)8(9)3-7-4-10-5-13-7/h4-6,8H,3,9H2,1-2H3. The van der Waals surface area contributed by atoms with Crippen molar-refractivity contribution in [3.63, 3.8) is 0 Å². The zero-order valence-corrected chi connectivity index (χ0v) is 9.81. The van der Waals surface area contributed by atoms with Crippen LogP contribution in [0.5, 0.6) is 0 Å². The fraction of sp³-hybridized carbons (Fsp3) is 0.625. The molecule has 0 amide bonds. The van der Waals surface area contributed by atoms with Crippen LogP contribution in [0.25, 0.3) is 0 Å². The minimum Gasteiger partial charge on any atom is -0.326 e. The molecule has 0 radical (unpaired) electrons. The van der Waals surface area contributed by atoms with Crippen molar-refractivity contribution >= 4 is 21.2 Å². The molecule has 1 rings (SSSR count). The molecule has 80 valence electrons. The summed E-state index contributed by atoms with van der Waals surface area (Å²) in [6.07, 6.45) is 3.50. The van der Waals surface area contributed by atoms with Crippen LogP contribution in [0.3, 0.4) is 0 Å². The molecule has 0 aliphatic rings. The van der Waals surface area contributed by atoms with Gasteiger partial charge in [0.05, 0.1) is 10.8 Å². The Balaban J connectivity index is 2.63. The smallest absolute Gasteiger partial charge is 0.151 e. The molecular weight excluding hydrogens is 220 g/mol. The number of sulfone groups is 1. The molecule has 0 bridgehead atoms. The maximum Gasteiger partial charge on any atom is 0.151 e. The highest BCUT2D eigenvalue weighted by Crippen LogP contribution is 2.12. The second-order valence-electron chi connectivity index (χ2n) is 3.37. The molecule has 6 heteroatoms. The minimum atomic E-state index is -3.05. The van der Waals surface area contributed by atoms with Gasteiger partial charge < -0.3 is 5.73 Å². The molecule has 2 unspecified atom stereocenters. The molecule has 0 aromatic carbocycles. The Morgan fingerprint density at radius 2 is 2.29 bits per heavy atom. The molecule has 0 aliphatic heterocycles. The second-order valence-corrected chi connectivity index (χ2v) is 6.74. The maximum atomic E-state index is 11.2. The Kier molecular flexibility index (Phi) is 3.63. The van der Waals surface area contributed by atoms with Crippen molar-refractivity contribution in [3.8, 4) is 0 Å². The predicted octanol–water partition coefficient (Wildman–Crippen LogP) is 0.446. The van der Waals surface area contributed by atoms with Crippen LogP contribution in [0.15, 0.2) is 11.7 Å². The molecule has 0 spiro atoms. The lowest BCUT2D eigenvalue weighted by molar-refractivity contribution is 0.563. The maximum absolute atomic E-state index is 11.2. The van der Waals surface area contributed by atoms with Gasteiger partial charge in [0.15, 0.2) is 9.84 Å². The summed E-state index contributed by atoms with van der Waals surface area (Å²) >= 11 is 1.49. The van der Waals surface area contributed by atoms with Crippen molar-refractivity contribution in [2.45, 2.75) is 24.6 Å². The molecule has 0 aliphatic carbocycles. The molecule has 0 fully saturated rings. The fourth-order valence-corrected chi connectivity index (χ4v) is 2.46. The highest BCUT2D eigenvalue weighted by Gasteiger charge is 2.23. The first-order valence-electron chi connectivity index (χ1n) is 4.23. The van der Waals surface area contributed by atoms with E-state index < -0.39 is 15.1 Å². The van der Waals surface area contributed by atoms with Crippen molar-refractivity contribution in [1.82, 2.24) is 4.98 Å². The summed E-state index contributed by atoms with van der Waals surface area (Å²) in [5, 5.41) is -0.510. The van der Waals surface area contributed by atoms with E-state index in [4.69, 9.17) is 5.73 Å². The molecule has 1 heterocycles. The van der Waals surface area contributed by atoms with E-state index in [0.717, 1.165) is 4.88 Å². The number of thiazole rings is 1. The highest BCUT2D eigenvalue weighted by molar-refractivity contribution is 7.91. The van der Waals surface area contributed by atoms with E-state index in [2.05, 4.69) is 4.98 Å². The summed E-state index contributed by atoms with van der Waals surface area (Å²) in [7, 11) is -3.05. The van der Waals surface area contributed by atoms with Crippen molar-refractivity contribution in [2.24, 2.45) is 5.73 Å².